The van der Waals surface area contributed by atoms with Crippen LogP contribution in [0.2, 0.25) is 0 Å². The molecule has 2 aromatic heterocycles. The fourth-order valence-corrected chi connectivity index (χ4v) is 4.66. The minimum Gasteiger partial charge on any atom is -0.345 e. The third kappa shape index (κ3) is 3.72. The Kier molecular flexibility index (Phi) is 5.02. The monoisotopic (exact) mass is 410 g/mol. The van der Waals surface area contributed by atoms with Gasteiger partial charge in [0.25, 0.3) is 5.91 Å². The van der Waals surface area contributed by atoms with Crippen LogP contribution >= 0.6 is 0 Å². The SMILES string of the molecule is Cc1cc(C(=O)NC2CCCc3ccccc32)c2c(C)nn(Cc3ccccc3)c2n1. The Morgan fingerprint density at radius 1 is 1.10 bits per heavy atom. The molecule has 2 heterocycles. The molecule has 0 bridgehead atoms. The molecule has 0 radical (unpaired) electrons. The molecule has 156 valence electrons. The summed E-state index contributed by atoms with van der Waals surface area (Å²) in [6.45, 7) is 4.51. The van der Waals surface area contributed by atoms with Gasteiger partial charge < -0.3 is 5.32 Å². The molecule has 1 unspecified atom stereocenters. The fourth-order valence-electron chi connectivity index (χ4n) is 4.66. The molecule has 1 amide bonds. The fraction of sp³-hybridized carbons (Fsp3) is 0.269. The van der Waals surface area contributed by atoms with Gasteiger partial charge in [0.05, 0.1) is 29.2 Å². The summed E-state index contributed by atoms with van der Waals surface area (Å²) in [6, 6.07) is 20.6. The predicted molar refractivity (Wildman–Crippen MR) is 122 cm³/mol. The Hall–Kier alpha value is -3.47. The second-order valence-corrected chi connectivity index (χ2v) is 8.36. The van der Waals surface area contributed by atoms with E-state index in [9.17, 15) is 4.79 Å². The van der Waals surface area contributed by atoms with Gasteiger partial charge in [-0.25, -0.2) is 9.67 Å². The lowest BCUT2D eigenvalue weighted by Gasteiger charge is -2.26. The number of benzene rings is 2. The van der Waals surface area contributed by atoms with Crippen molar-refractivity contribution in [3.63, 3.8) is 0 Å². The van der Waals surface area contributed by atoms with Gasteiger partial charge in [-0.1, -0.05) is 54.6 Å². The number of carbonyl (C=O) groups is 1. The first kappa shape index (κ1) is 19.5. The van der Waals surface area contributed by atoms with Crippen LogP contribution in [0.25, 0.3) is 11.0 Å². The highest BCUT2D eigenvalue weighted by Gasteiger charge is 2.24. The van der Waals surface area contributed by atoms with Gasteiger partial charge in [-0.2, -0.15) is 5.10 Å². The van der Waals surface area contributed by atoms with Gasteiger partial charge >= 0.3 is 0 Å². The largest absolute Gasteiger partial charge is 0.345 e. The predicted octanol–water partition coefficient (Wildman–Crippen LogP) is 4.90. The first-order valence-electron chi connectivity index (χ1n) is 10.9. The number of nitrogens with one attached hydrogen (secondary N) is 1. The van der Waals surface area contributed by atoms with Gasteiger partial charge in [-0.05, 0) is 55.9 Å². The van der Waals surface area contributed by atoms with E-state index < -0.39 is 0 Å². The van der Waals surface area contributed by atoms with Crippen LogP contribution in [0.1, 0.15) is 57.3 Å². The molecular formula is C26H26N4O. The van der Waals surface area contributed by atoms with E-state index in [1.54, 1.807) is 0 Å². The number of hydrogen-bond donors (Lipinski definition) is 1. The summed E-state index contributed by atoms with van der Waals surface area (Å²) in [7, 11) is 0. The molecule has 1 atom stereocenters. The van der Waals surface area contributed by atoms with Crippen molar-refractivity contribution in [3.8, 4) is 0 Å². The highest BCUT2D eigenvalue weighted by atomic mass is 16.1. The van der Waals surface area contributed by atoms with Crippen molar-refractivity contribution in [3.05, 3.63) is 94.3 Å². The highest BCUT2D eigenvalue weighted by molar-refractivity contribution is 6.06. The second kappa shape index (κ2) is 7.99. The smallest absolute Gasteiger partial charge is 0.252 e. The third-order valence-electron chi connectivity index (χ3n) is 6.10. The van der Waals surface area contributed by atoms with E-state index in [1.165, 1.54) is 11.1 Å². The molecule has 1 N–H and O–H groups in total. The number of hydrogen-bond acceptors (Lipinski definition) is 3. The van der Waals surface area contributed by atoms with E-state index >= 15 is 0 Å². The van der Waals surface area contributed by atoms with Gasteiger partial charge in [0.1, 0.15) is 0 Å². The summed E-state index contributed by atoms with van der Waals surface area (Å²) in [4.78, 5) is 18.2. The van der Waals surface area contributed by atoms with E-state index in [0.717, 1.165) is 47.2 Å². The quantitative estimate of drug-likeness (QED) is 0.520. The number of pyridine rings is 1. The van der Waals surface area contributed by atoms with Crippen molar-refractivity contribution in [1.82, 2.24) is 20.1 Å². The Morgan fingerprint density at radius 2 is 1.87 bits per heavy atom. The van der Waals surface area contributed by atoms with Crippen molar-refractivity contribution < 1.29 is 4.79 Å². The third-order valence-corrected chi connectivity index (χ3v) is 6.10. The molecule has 0 spiro atoms. The molecule has 5 rings (SSSR count). The first-order valence-corrected chi connectivity index (χ1v) is 10.9. The minimum absolute atomic E-state index is 0.0423. The van der Waals surface area contributed by atoms with E-state index in [2.05, 4.69) is 41.7 Å². The average Bonchev–Trinajstić information content (AvgIpc) is 3.09. The zero-order chi connectivity index (χ0) is 21.4. The molecule has 0 saturated carbocycles. The summed E-state index contributed by atoms with van der Waals surface area (Å²) in [5, 5.41) is 8.86. The molecule has 1 aliphatic rings. The molecule has 0 fully saturated rings. The Bertz CT molecular complexity index is 1260. The Morgan fingerprint density at radius 3 is 2.71 bits per heavy atom. The average molecular weight is 411 g/mol. The van der Waals surface area contributed by atoms with Crippen molar-refractivity contribution in [1.29, 1.82) is 0 Å². The second-order valence-electron chi connectivity index (χ2n) is 8.36. The summed E-state index contributed by atoms with van der Waals surface area (Å²) in [6.07, 6.45) is 3.12. The van der Waals surface area contributed by atoms with Crippen LogP contribution < -0.4 is 5.32 Å². The maximum atomic E-state index is 13.4. The highest BCUT2D eigenvalue weighted by Crippen LogP contribution is 2.30. The molecule has 31 heavy (non-hydrogen) atoms. The van der Waals surface area contributed by atoms with Crippen LogP contribution in [-0.2, 0) is 13.0 Å². The first-order chi connectivity index (χ1) is 15.1. The number of nitrogens with zero attached hydrogens (tertiary/aromatic N) is 3. The number of aromatic nitrogens is 3. The minimum atomic E-state index is -0.0560. The lowest BCUT2D eigenvalue weighted by atomic mass is 9.87. The summed E-state index contributed by atoms with van der Waals surface area (Å²) < 4.78 is 1.90. The molecule has 5 heteroatoms. The molecule has 0 aliphatic heterocycles. The van der Waals surface area contributed by atoms with Gasteiger partial charge in [-0.3, -0.25) is 4.79 Å². The standard InChI is InChI=1S/C26H26N4O/c1-17-15-22(26(31)28-23-14-8-12-20-11-6-7-13-21(20)23)24-18(2)29-30(25(24)27-17)16-19-9-4-3-5-10-19/h3-7,9-11,13,15,23H,8,12,14,16H2,1-2H3,(H,28,31). The van der Waals surface area contributed by atoms with E-state index in [0.29, 0.717) is 12.1 Å². The summed E-state index contributed by atoms with van der Waals surface area (Å²) in [5.74, 6) is -0.0560. The molecular weight excluding hydrogens is 384 g/mol. The number of amides is 1. The van der Waals surface area contributed by atoms with Crippen LogP contribution in [0.15, 0.2) is 60.7 Å². The van der Waals surface area contributed by atoms with E-state index in [4.69, 9.17) is 10.1 Å². The molecule has 2 aromatic carbocycles. The maximum Gasteiger partial charge on any atom is 0.252 e. The Balaban J connectivity index is 1.51. The van der Waals surface area contributed by atoms with Crippen LogP contribution in [0.4, 0.5) is 0 Å². The number of rotatable bonds is 4. The zero-order valence-electron chi connectivity index (χ0n) is 17.9. The van der Waals surface area contributed by atoms with Gasteiger partial charge in [0.2, 0.25) is 0 Å². The zero-order valence-corrected chi connectivity index (χ0v) is 17.9. The van der Waals surface area contributed by atoms with Crippen LogP contribution in [0.3, 0.4) is 0 Å². The van der Waals surface area contributed by atoms with Gasteiger partial charge in [0, 0.05) is 5.69 Å². The normalized spacial score (nSPS) is 15.6. The van der Waals surface area contributed by atoms with Gasteiger partial charge in [-0.15, -0.1) is 0 Å². The lowest BCUT2D eigenvalue weighted by Crippen LogP contribution is -2.31. The molecule has 4 aromatic rings. The summed E-state index contributed by atoms with van der Waals surface area (Å²) in [5.41, 5.74) is 6.78. The number of fused-ring (bicyclic) bond motifs is 2. The van der Waals surface area contributed by atoms with Crippen LogP contribution in [0, 0.1) is 13.8 Å². The topological polar surface area (TPSA) is 59.8 Å². The van der Waals surface area contributed by atoms with Crippen LogP contribution in [-0.4, -0.2) is 20.7 Å². The van der Waals surface area contributed by atoms with Crippen molar-refractivity contribution >= 4 is 16.9 Å². The number of aryl methyl sites for hydroxylation is 3. The lowest BCUT2D eigenvalue weighted by molar-refractivity contribution is 0.0934. The van der Waals surface area contributed by atoms with Crippen molar-refractivity contribution in [2.24, 2.45) is 0 Å². The molecule has 5 nitrogen and oxygen atoms in total. The van der Waals surface area contributed by atoms with Crippen molar-refractivity contribution in [2.45, 2.75) is 45.7 Å². The van der Waals surface area contributed by atoms with E-state index in [-0.39, 0.29) is 11.9 Å². The van der Waals surface area contributed by atoms with Crippen molar-refractivity contribution in [2.75, 3.05) is 0 Å². The van der Waals surface area contributed by atoms with Crippen LogP contribution in [0.5, 0.6) is 0 Å². The molecule has 1 aliphatic carbocycles. The summed E-state index contributed by atoms with van der Waals surface area (Å²) >= 11 is 0. The number of carbonyl (C=O) groups excluding carboxylic acids is 1. The van der Waals surface area contributed by atoms with E-state index in [1.807, 2.05) is 42.8 Å². The Labute approximate surface area is 182 Å². The maximum absolute atomic E-state index is 13.4. The molecule has 0 saturated heterocycles. The van der Waals surface area contributed by atoms with Gasteiger partial charge in [0.15, 0.2) is 5.65 Å².